The van der Waals surface area contributed by atoms with E-state index < -0.39 is 0 Å². The lowest BCUT2D eigenvalue weighted by atomic mass is 10.1. The molecular formula is C20H20ClN3O2S. The third-order valence-corrected chi connectivity index (χ3v) is 4.78. The van der Waals surface area contributed by atoms with Gasteiger partial charge >= 0.3 is 0 Å². The van der Waals surface area contributed by atoms with Crippen molar-refractivity contribution < 1.29 is 4.92 Å². The van der Waals surface area contributed by atoms with E-state index in [1.807, 2.05) is 23.6 Å². The van der Waals surface area contributed by atoms with Crippen molar-refractivity contribution in [2.75, 3.05) is 19.0 Å². The maximum Gasteiger partial charge on any atom is 0.293 e. The van der Waals surface area contributed by atoms with E-state index in [9.17, 15) is 10.1 Å². The van der Waals surface area contributed by atoms with E-state index in [2.05, 4.69) is 36.2 Å². The number of nitro benzene ring substituents is 1. The quantitative estimate of drug-likeness (QED) is 0.407. The summed E-state index contributed by atoms with van der Waals surface area (Å²) < 4.78 is 0. The van der Waals surface area contributed by atoms with Gasteiger partial charge in [0, 0.05) is 31.1 Å². The average Bonchev–Trinajstić information content (AvgIpc) is 3.09. The fourth-order valence-corrected chi connectivity index (χ4v) is 3.28. The molecule has 0 fully saturated rings. The predicted molar refractivity (Wildman–Crippen MR) is 116 cm³/mol. The van der Waals surface area contributed by atoms with Gasteiger partial charge in [-0.3, -0.25) is 10.1 Å². The highest BCUT2D eigenvalue weighted by Crippen LogP contribution is 2.29. The van der Waals surface area contributed by atoms with Gasteiger partial charge in [0.25, 0.3) is 5.69 Å². The molecule has 5 nitrogen and oxygen atoms in total. The number of thiazole rings is 1. The molecule has 0 unspecified atom stereocenters. The minimum atomic E-state index is -0.356. The van der Waals surface area contributed by atoms with Crippen LogP contribution in [-0.4, -0.2) is 24.0 Å². The number of nitrogens with zero attached hydrogens (tertiary/aromatic N) is 3. The lowest BCUT2D eigenvalue weighted by Gasteiger charge is -2.12. The van der Waals surface area contributed by atoms with Crippen molar-refractivity contribution >= 4 is 47.3 Å². The van der Waals surface area contributed by atoms with Crippen LogP contribution in [0.1, 0.15) is 16.1 Å². The number of hydrogen-bond donors (Lipinski definition) is 0. The summed E-state index contributed by atoms with van der Waals surface area (Å²) in [5, 5.41) is 14.2. The van der Waals surface area contributed by atoms with Crippen LogP contribution in [0.25, 0.3) is 23.4 Å². The molecule has 0 N–H and O–H groups in total. The Morgan fingerprint density at radius 1 is 1.11 bits per heavy atom. The van der Waals surface area contributed by atoms with E-state index in [0.29, 0.717) is 5.69 Å². The first kappa shape index (κ1) is 20.6. The summed E-state index contributed by atoms with van der Waals surface area (Å²) in [7, 11) is 3.58. The van der Waals surface area contributed by atoms with Gasteiger partial charge < -0.3 is 4.90 Å². The van der Waals surface area contributed by atoms with Gasteiger partial charge in [-0.15, -0.1) is 23.7 Å². The third kappa shape index (κ3) is 4.93. The zero-order chi connectivity index (χ0) is 18.7. The highest BCUT2D eigenvalue weighted by Gasteiger charge is 2.15. The van der Waals surface area contributed by atoms with Gasteiger partial charge in [0.05, 0.1) is 10.6 Å². The van der Waals surface area contributed by atoms with Crippen molar-refractivity contribution in [1.29, 1.82) is 0 Å². The van der Waals surface area contributed by atoms with Gasteiger partial charge in [-0.05, 0) is 24.6 Å². The van der Waals surface area contributed by atoms with Crippen LogP contribution in [0.15, 0.2) is 47.8 Å². The van der Waals surface area contributed by atoms with E-state index in [4.69, 9.17) is 0 Å². The second kappa shape index (κ2) is 8.79. The lowest BCUT2D eigenvalue weighted by Crippen LogP contribution is -2.10. The number of aryl methyl sites for hydroxylation is 1. The zero-order valence-electron chi connectivity index (χ0n) is 15.2. The summed E-state index contributed by atoms with van der Waals surface area (Å²) in [6.07, 6.45) is 3.74. The highest BCUT2D eigenvalue weighted by molar-refractivity contribution is 7.10. The normalized spacial score (nSPS) is 10.6. The summed E-state index contributed by atoms with van der Waals surface area (Å²) in [6, 6.07) is 13.5. The van der Waals surface area contributed by atoms with Crippen LogP contribution in [0.3, 0.4) is 0 Å². The molecule has 0 saturated heterocycles. The molecule has 0 amide bonds. The Kier molecular flexibility index (Phi) is 6.71. The Balaban J connectivity index is 0.00000261. The van der Waals surface area contributed by atoms with Crippen LogP contribution in [0.4, 0.5) is 11.4 Å². The molecule has 0 saturated carbocycles. The second-order valence-electron chi connectivity index (χ2n) is 6.17. The first-order valence-electron chi connectivity index (χ1n) is 8.10. The summed E-state index contributed by atoms with van der Waals surface area (Å²) >= 11 is 1.55. The molecule has 7 heteroatoms. The molecule has 3 rings (SSSR count). The van der Waals surface area contributed by atoms with E-state index in [-0.39, 0.29) is 23.0 Å². The lowest BCUT2D eigenvalue weighted by molar-refractivity contribution is -0.384. The molecule has 0 aliphatic heterocycles. The smallest absolute Gasteiger partial charge is 0.293 e. The van der Waals surface area contributed by atoms with Crippen molar-refractivity contribution in [2.24, 2.45) is 0 Å². The Labute approximate surface area is 168 Å². The molecular weight excluding hydrogens is 382 g/mol. The monoisotopic (exact) mass is 401 g/mol. The molecule has 1 aromatic heterocycles. The van der Waals surface area contributed by atoms with Gasteiger partial charge in [-0.25, -0.2) is 4.98 Å². The molecule has 0 aliphatic rings. The van der Waals surface area contributed by atoms with Crippen LogP contribution >= 0.6 is 23.7 Å². The summed E-state index contributed by atoms with van der Waals surface area (Å²) in [4.78, 5) is 17.3. The van der Waals surface area contributed by atoms with E-state index in [0.717, 1.165) is 21.8 Å². The molecule has 0 bridgehead atoms. The fourth-order valence-electron chi connectivity index (χ4n) is 2.56. The first-order valence-corrected chi connectivity index (χ1v) is 8.98. The van der Waals surface area contributed by atoms with Crippen LogP contribution in [0, 0.1) is 17.0 Å². The molecule has 3 aromatic rings. The Bertz CT molecular complexity index is 966. The minimum Gasteiger partial charge on any atom is -0.372 e. The predicted octanol–water partition coefficient (Wildman–Crippen LogP) is 5.68. The molecule has 0 aliphatic carbocycles. The molecule has 1 heterocycles. The largest absolute Gasteiger partial charge is 0.372 e. The maximum atomic E-state index is 11.3. The minimum absolute atomic E-state index is 0. The van der Waals surface area contributed by atoms with Crippen LogP contribution in [0.2, 0.25) is 0 Å². The number of benzene rings is 2. The second-order valence-corrected chi connectivity index (χ2v) is 7.06. The standard InChI is InChI=1S/C20H19N3O2S.ClH/c1-14-4-8-16(9-5-14)17-13-26-20(21-17)11-7-15-6-10-18(22(2)3)19(12-15)23(24)25;/h4-13H,1-3H3;1H. The maximum absolute atomic E-state index is 11.3. The SMILES string of the molecule is Cc1ccc(-c2csc(C=Cc3ccc(N(C)C)c([N+](=O)[O-])c3)n2)cc1.Cl. The Hall–Kier alpha value is -2.70. The Morgan fingerprint density at radius 2 is 1.81 bits per heavy atom. The van der Waals surface area contributed by atoms with Crippen LogP contribution in [-0.2, 0) is 0 Å². The molecule has 0 spiro atoms. The van der Waals surface area contributed by atoms with Gasteiger partial charge in [-0.1, -0.05) is 42.0 Å². The topological polar surface area (TPSA) is 59.3 Å². The molecule has 27 heavy (non-hydrogen) atoms. The van der Waals surface area contributed by atoms with Gasteiger partial charge in [0.15, 0.2) is 0 Å². The van der Waals surface area contributed by atoms with E-state index in [1.165, 1.54) is 5.56 Å². The molecule has 2 aromatic carbocycles. The number of halogens is 1. The molecule has 0 atom stereocenters. The van der Waals surface area contributed by atoms with E-state index >= 15 is 0 Å². The van der Waals surface area contributed by atoms with Crippen molar-refractivity contribution in [2.45, 2.75) is 6.92 Å². The van der Waals surface area contributed by atoms with Gasteiger partial charge in [0.2, 0.25) is 0 Å². The first-order chi connectivity index (χ1) is 12.4. The van der Waals surface area contributed by atoms with Crippen molar-refractivity contribution in [3.05, 3.63) is 74.1 Å². The number of hydrogen-bond acceptors (Lipinski definition) is 5. The van der Waals surface area contributed by atoms with Crippen LogP contribution in [0.5, 0.6) is 0 Å². The zero-order valence-corrected chi connectivity index (χ0v) is 16.9. The highest BCUT2D eigenvalue weighted by atomic mass is 35.5. The van der Waals surface area contributed by atoms with Crippen LogP contribution < -0.4 is 4.90 Å². The number of aromatic nitrogens is 1. The van der Waals surface area contributed by atoms with Crippen molar-refractivity contribution in [3.8, 4) is 11.3 Å². The van der Waals surface area contributed by atoms with Crippen molar-refractivity contribution in [3.63, 3.8) is 0 Å². The summed E-state index contributed by atoms with van der Waals surface area (Å²) in [6.45, 7) is 2.06. The summed E-state index contributed by atoms with van der Waals surface area (Å²) in [5.41, 5.74) is 4.68. The summed E-state index contributed by atoms with van der Waals surface area (Å²) in [5.74, 6) is 0. The van der Waals surface area contributed by atoms with Crippen molar-refractivity contribution in [1.82, 2.24) is 4.98 Å². The van der Waals surface area contributed by atoms with Gasteiger partial charge in [-0.2, -0.15) is 0 Å². The Morgan fingerprint density at radius 3 is 2.44 bits per heavy atom. The number of nitro groups is 1. The van der Waals surface area contributed by atoms with Gasteiger partial charge in [0.1, 0.15) is 10.7 Å². The third-order valence-electron chi connectivity index (χ3n) is 3.97. The van der Waals surface area contributed by atoms with E-state index in [1.54, 1.807) is 42.5 Å². The number of rotatable bonds is 5. The fraction of sp³-hybridized carbons (Fsp3) is 0.150. The molecule has 0 radical (unpaired) electrons. The number of anilines is 1. The average molecular weight is 402 g/mol. The molecule has 140 valence electrons.